The molecule has 0 radical (unpaired) electrons. The molecule has 0 spiro atoms. The number of aromatic nitrogens is 2. The maximum atomic E-state index is 14.4. The number of fused-ring (bicyclic) bond motifs is 2. The molecule has 0 aliphatic carbocycles. The van der Waals surface area contributed by atoms with Gasteiger partial charge in [-0.25, -0.2) is 27.6 Å². The monoisotopic (exact) mass is 481 g/mol. The van der Waals surface area contributed by atoms with E-state index in [4.69, 9.17) is 18.9 Å². The number of hydrogen-bond acceptors (Lipinski definition) is 9. The number of amides is 1. The molecule has 3 unspecified atom stereocenters. The van der Waals surface area contributed by atoms with E-state index in [1.54, 1.807) is 20.8 Å². The summed E-state index contributed by atoms with van der Waals surface area (Å²) in [6.45, 7) is 5.51. The Balaban J connectivity index is 1.50. The van der Waals surface area contributed by atoms with Crippen LogP contribution in [-0.4, -0.2) is 66.7 Å². The fraction of sp³-hybridized carbons (Fsp3) is 0.476. The summed E-state index contributed by atoms with van der Waals surface area (Å²) >= 11 is 0. The van der Waals surface area contributed by atoms with Crippen molar-refractivity contribution < 1.29 is 36.6 Å². The van der Waals surface area contributed by atoms with E-state index < -0.39 is 28.0 Å². The molecule has 1 amide bonds. The van der Waals surface area contributed by atoms with E-state index in [0.717, 1.165) is 12.3 Å². The summed E-state index contributed by atoms with van der Waals surface area (Å²) in [4.78, 5) is 22.0. The predicted octanol–water partition coefficient (Wildman–Crippen LogP) is 2.84. The maximum absolute atomic E-state index is 14.4. The van der Waals surface area contributed by atoms with E-state index in [-0.39, 0.29) is 40.7 Å². The highest BCUT2D eigenvalue weighted by Gasteiger charge is 2.52. The van der Waals surface area contributed by atoms with E-state index in [1.165, 1.54) is 23.4 Å². The molecule has 2 aliphatic rings. The highest BCUT2D eigenvalue weighted by atomic mass is 32.2. The first-order valence-corrected chi connectivity index (χ1v) is 12.2. The van der Waals surface area contributed by atoms with E-state index in [1.807, 2.05) is 0 Å². The minimum Gasteiger partial charge on any atom is -0.472 e. The van der Waals surface area contributed by atoms with Gasteiger partial charge in [-0.2, -0.15) is 0 Å². The third-order valence-electron chi connectivity index (χ3n) is 5.33. The van der Waals surface area contributed by atoms with E-state index in [0.29, 0.717) is 18.6 Å². The molecule has 2 fully saturated rings. The van der Waals surface area contributed by atoms with Gasteiger partial charge in [0.15, 0.2) is 21.4 Å². The second kappa shape index (κ2) is 8.75. The summed E-state index contributed by atoms with van der Waals surface area (Å²) in [6, 6.07) is 3.03. The smallest absolute Gasteiger partial charge is 0.412 e. The molecule has 0 N–H and O–H groups in total. The molecule has 2 aliphatic heterocycles. The van der Waals surface area contributed by atoms with Crippen LogP contribution in [0.5, 0.6) is 17.5 Å². The molecule has 2 saturated heterocycles. The summed E-state index contributed by atoms with van der Waals surface area (Å²) in [5.41, 5.74) is 0.420. The number of rotatable bonds is 6. The fourth-order valence-electron chi connectivity index (χ4n) is 3.73. The molecule has 33 heavy (non-hydrogen) atoms. The number of sulfone groups is 1. The lowest BCUT2D eigenvalue weighted by atomic mass is 10.1. The Morgan fingerprint density at radius 3 is 2.67 bits per heavy atom. The standard InChI is InChI=1S/C21H24FN3O7S/c1-11(2)30-21(26)25-15-9-29-18(25)8-17(15)32-20-12(3)19(23-10-24-20)31-16-6-5-13(7-14(16)22)33(4,27)28/h5-7,10-11,15,17-18H,8-9H2,1-4H3. The number of nitrogens with zero attached hydrogens (tertiary/aromatic N) is 3. The Morgan fingerprint density at radius 2 is 2.00 bits per heavy atom. The van der Waals surface area contributed by atoms with Crippen LogP contribution < -0.4 is 9.47 Å². The van der Waals surface area contributed by atoms with Gasteiger partial charge in [0, 0.05) is 12.7 Å². The third kappa shape index (κ3) is 4.71. The lowest BCUT2D eigenvalue weighted by Gasteiger charge is -2.23. The van der Waals surface area contributed by atoms with E-state index >= 15 is 0 Å². The predicted molar refractivity (Wildman–Crippen MR) is 112 cm³/mol. The molecule has 2 bridgehead atoms. The highest BCUT2D eigenvalue weighted by Crippen LogP contribution is 2.37. The molecular formula is C21H24FN3O7S. The molecule has 178 valence electrons. The van der Waals surface area contributed by atoms with E-state index in [9.17, 15) is 17.6 Å². The summed E-state index contributed by atoms with van der Waals surface area (Å²) in [5, 5.41) is 0. The van der Waals surface area contributed by atoms with Gasteiger partial charge >= 0.3 is 6.09 Å². The number of halogens is 1. The normalized spacial score (nSPS) is 22.0. The van der Waals surface area contributed by atoms with Gasteiger partial charge in [0.05, 0.1) is 29.2 Å². The van der Waals surface area contributed by atoms with Gasteiger partial charge in [-0.05, 0) is 39.0 Å². The van der Waals surface area contributed by atoms with Crippen molar-refractivity contribution in [3.63, 3.8) is 0 Å². The third-order valence-corrected chi connectivity index (χ3v) is 6.44. The lowest BCUT2D eigenvalue weighted by Crippen LogP contribution is -2.41. The van der Waals surface area contributed by atoms with Crippen molar-refractivity contribution in [3.8, 4) is 17.5 Å². The SMILES string of the molecule is Cc1c(Oc2ccc(S(C)(=O)=O)cc2F)ncnc1OC1CC2OCC1N2C(=O)OC(C)C. The zero-order valence-electron chi connectivity index (χ0n) is 18.5. The second-order valence-electron chi connectivity index (χ2n) is 8.16. The first kappa shape index (κ1) is 23.2. The largest absolute Gasteiger partial charge is 0.472 e. The molecule has 4 rings (SSSR count). The first-order valence-electron chi connectivity index (χ1n) is 10.3. The molecule has 1 aromatic carbocycles. The van der Waals surface area contributed by atoms with Gasteiger partial charge in [-0.3, -0.25) is 4.90 Å². The van der Waals surface area contributed by atoms with Gasteiger partial charge < -0.3 is 18.9 Å². The Morgan fingerprint density at radius 1 is 1.27 bits per heavy atom. The summed E-state index contributed by atoms with van der Waals surface area (Å²) in [7, 11) is -3.55. The topological polar surface area (TPSA) is 117 Å². The average Bonchev–Trinajstić information content (AvgIpc) is 3.29. The van der Waals surface area contributed by atoms with Gasteiger partial charge in [-0.1, -0.05) is 0 Å². The van der Waals surface area contributed by atoms with Gasteiger partial charge in [0.1, 0.15) is 18.7 Å². The van der Waals surface area contributed by atoms with Crippen LogP contribution in [0, 0.1) is 12.7 Å². The van der Waals surface area contributed by atoms with Crippen molar-refractivity contribution in [1.29, 1.82) is 0 Å². The number of carbonyl (C=O) groups excluding carboxylic acids is 1. The van der Waals surface area contributed by atoms with Crippen LogP contribution in [0.25, 0.3) is 0 Å². The van der Waals surface area contributed by atoms with E-state index in [2.05, 4.69) is 9.97 Å². The number of carbonyl (C=O) groups is 1. The van der Waals surface area contributed by atoms with Crippen LogP contribution in [0.15, 0.2) is 29.4 Å². The maximum Gasteiger partial charge on any atom is 0.412 e. The number of ether oxygens (including phenoxy) is 4. The molecule has 3 atom stereocenters. The van der Waals surface area contributed by atoms with Crippen molar-refractivity contribution in [1.82, 2.24) is 14.9 Å². The zero-order chi connectivity index (χ0) is 23.9. The summed E-state index contributed by atoms with van der Waals surface area (Å²) in [6.07, 6.45) is 1.12. The lowest BCUT2D eigenvalue weighted by molar-refractivity contribution is 0.00955. The van der Waals surface area contributed by atoms with Crippen molar-refractivity contribution in [2.75, 3.05) is 12.9 Å². The van der Waals surface area contributed by atoms with Gasteiger partial charge in [0.2, 0.25) is 11.8 Å². The van der Waals surface area contributed by atoms with Gasteiger partial charge in [0.25, 0.3) is 0 Å². The quantitative estimate of drug-likeness (QED) is 0.614. The molecule has 10 nitrogen and oxygen atoms in total. The molecule has 1 aromatic heterocycles. The molecule has 0 saturated carbocycles. The zero-order valence-corrected chi connectivity index (χ0v) is 19.3. The Labute approximate surface area is 190 Å². The van der Waals surface area contributed by atoms with Crippen molar-refractivity contribution in [2.24, 2.45) is 0 Å². The molecule has 3 heterocycles. The highest BCUT2D eigenvalue weighted by molar-refractivity contribution is 7.90. The number of hydrogen-bond donors (Lipinski definition) is 0. The molecule has 12 heteroatoms. The summed E-state index contributed by atoms with van der Waals surface area (Å²) < 4.78 is 60.2. The number of benzene rings is 1. The van der Waals surface area contributed by atoms with Crippen molar-refractivity contribution in [2.45, 2.75) is 56.6 Å². The minimum atomic E-state index is -3.55. The van der Waals surface area contributed by atoms with Crippen LogP contribution in [0.4, 0.5) is 9.18 Å². The Hall–Kier alpha value is -2.99. The first-order chi connectivity index (χ1) is 15.5. The molecular weight excluding hydrogens is 457 g/mol. The van der Waals surface area contributed by atoms with Crippen LogP contribution in [0.3, 0.4) is 0 Å². The van der Waals surface area contributed by atoms with Crippen LogP contribution in [-0.2, 0) is 19.3 Å². The van der Waals surface area contributed by atoms with Crippen molar-refractivity contribution in [3.05, 3.63) is 35.9 Å². The van der Waals surface area contributed by atoms with Crippen molar-refractivity contribution >= 4 is 15.9 Å². The van der Waals surface area contributed by atoms with Crippen LogP contribution >= 0.6 is 0 Å². The van der Waals surface area contributed by atoms with Crippen LogP contribution in [0.2, 0.25) is 0 Å². The van der Waals surface area contributed by atoms with Gasteiger partial charge in [-0.15, -0.1) is 0 Å². The Bertz CT molecular complexity index is 1170. The minimum absolute atomic E-state index is 0.0569. The fourth-order valence-corrected chi connectivity index (χ4v) is 4.37. The average molecular weight is 482 g/mol. The Kier molecular flexibility index (Phi) is 6.14. The van der Waals surface area contributed by atoms with Crippen LogP contribution in [0.1, 0.15) is 25.8 Å². The second-order valence-corrected chi connectivity index (χ2v) is 10.2. The summed E-state index contributed by atoms with van der Waals surface area (Å²) in [5.74, 6) is -0.751. The molecule has 2 aromatic rings.